The molecule has 0 amide bonds. The van der Waals surface area contributed by atoms with Crippen LogP contribution in [-0.4, -0.2) is 42.9 Å². The first kappa shape index (κ1) is 16.2. The Labute approximate surface area is 126 Å². The molecule has 2 heterocycles. The Morgan fingerprint density at radius 1 is 1.38 bits per heavy atom. The molecule has 0 aliphatic carbocycles. The van der Waals surface area contributed by atoms with Gasteiger partial charge >= 0.3 is 0 Å². The van der Waals surface area contributed by atoms with E-state index in [1.54, 1.807) is 0 Å². The van der Waals surface area contributed by atoms with E-state index in [9.17, 15) is 8.42 Å². The number of nitrogens with zero attached hydrogens (tertiary/aromatic N) is 3. The Bertz CT molecular complexity index is 589. The van der Waals surface area contributed by atoms with Crippen LogP contribution in [0, 0.1) is 0 Å². The number of nitrogens with one attached hydrogen (secondary N) is 1. The highest BCUT2D eigenvalue weighted by Gasteiger charge is 2.35. The molecule has 2 rings (SSSR count). The van der Waals surface area contributed by atoms with Crippen LogP contribution in [0.15, 0.2) is 4.52 Å². The maximum absolute atomic E-state index is 12.2. The molecule has 7 nitrogen and oxygen atoms in total. The van der Waals surface area contributed by atoms with E-state index in [1.807, 2.05) is 39.5 Å². The van der Waals surface area contributed by atoms with E-state index in [1.165, 1.54) is 0 Å². The van der Waals surface area contributed by atoms with Crippen LogP contribution in [0.3, 0.4) is 0 Å². The van der Waals surface area contributed by atoms with Crippen molar-refractivity contribution >= 4 is 16.0 Å². The average molecular weight is 316 g/mol. The molecule has 8 heteroatoms. The third-order valence-corrected chi connectivity index (χ3v) is 5.39. The van der Waals surface area contributed by atoms with Gasteiger partial charge in [0, 0.05) is 24.5 Å². The van der Waals surface area contributed by atoms with Gasteiger partial charge in [-0.15, -0.1) is 0 Å². The fourth-order valence-corrected chi connectivity index (χ4v) is 3.88. The summed E-state index contributed by atoms with van der Waals surface area (Å²) >= 11 is 0. The van der Waals surface area contributed by atoms with Crippen LogP contribution in [0.25, 0.3) is 0 Å². The smallest absolute Gasteiger partial charge is 0.266 e. The molecule has 0 bridgehead atoms. The second kappa shape index (κ2) is 5.57. The zero-order valence-corrected chi connectivity index (χ0v) is 14.1. The molecule has 1 fully saturated rings. The molecule has 120 valence electrons. The summed E-state index contributed by atoms with van der Waals surface area (Å²) in [6.07, 6.45) is 0.571. The van der Waals surface area contributed by atoms with Crippen molar-refractivity contribution in [3.8, 4) is 0 Å². The van der Waals surface area contributed by atoms with Gasteiger partial charge in [-0.3, -0.25) is 0 Å². The van der Waals surface area contributed by atoms with Crippen LogP contribution in [0.4, 0.5) is 5.95 Å². The number of rotatable bonds is 4. The first-order valence-corrected chi connectivity index (χ1v) is 8.74. The predicted molar refractivity (Wildman–Crippen MR) is 80.8 cm³/mol. The quantitative estimate of drug-likeness (QED) is 0.900. The van der Waals surface area contributed by atoms with Crippen LogP contribution < -0.4 is 9.62 Å². The Balaban J connectivity index is 2.08. The van der Waals surface area contributed by atoms with Crippen LogP contribution in [0.2, 0.25) is 0 Å². The van der Waals surface area contributed by atoms with Crippen LogP contribution in [0.5, 0.6) is 0 Å². The van der Waals surface area contributed by atoms with Gasteiger partial charge in [-0.05, 0) is 25.4 Å². The third-order valence-electron chi connectivity index (χ3n) is 3.32. The molecule has 21 heavy (non-hydrogen) atoms. The summed E-state index contributed by atoms with van der Waals surface area (Å²) in [4.78, 5) is 6.24. The van der Waals surface area contributed by atoms with Crippen LogP contribution >= 0.6 is 0 Å². The molecule has 1 saturated heterocycles. The highest BCUT2D eigenvalue weighted by Crippen LogP contribution is 2.25. The van der Waals surface area contributed by atoms with Crippen molar-refractivity contribution < 1.29 is 12.9 Å². The molecular formula is C13H24N4O3S. The zero-order chi connectivity index (χ0) is 15.8. The summed E-state index contributed by atoms with van der Waals surface area (Å²) in [7, 11) is -3.30. The monoisotopic (exact) mass is 316 g/mol. The largest absolute Gasteiger partial charge is 0.337 e. The predicted octanol–water partition coefficient (Wildman–Crippen LogP) is 1.27. The molecule has 0 unspecified atom stereocenters. The molecule has 0 spiro atoms. The number of sulfonamides is 1. The van der Waals surface area contributed by atoms with E-state index in [2.05, 4.69) is 14.9 Å². The highest BCUT2D eigenvalue weighted by molar-refractivity contribution is 7.90. The molecular weight excluding hydrogens is 292 g/mol. The van der Waals surface area contributed by atoms with Crippen molar-refractivity contribution in [1.29, 1.82) is 0 Å². The Morgan fingerprint density at radius 2 is 2.05 bits per heavy atom. The second-order valence-electron chi connectivity index (χ2n) is 6.82. The minimum atomic E-state index is -3.30. The molecule has 1 aromatic heterocycles. The van der Waals surface area contributed by atoms with Crippen molar-refractivity contribution in [2.45, 2.75) is 57.7 Å². The number of aromatic nitrogens is 2. The fraction of sp³-hybridized carbons (Fsp3) is 0.846. The SMILES string of the molecule is CC(C)NS(=O)(=O)[C@@H]1CCN(c2noc(C(C)(C)C)n2)C1. The van der Waals surface area contributed by atoms with Crippen molar-refractivity contribution in [1.82, 2.24) is 14.9 Å². The topological polar surface area (TPSA) is 88.3 Å². The molecule has 0 radical (unpaired) electrons. The molecule has 1 N–H and O–H groups in total. The van der Waals surface area contributed by atoms with Gasteiger partial charge in [0.1, 0.15) is 0 Å². The standard InChI is InChI=1S/C13H24N4O3S/c1-9(2)16-21(18,19)10-6-7-17(8-10)12-14-11(20-15-12)13(3,4)5/h9-10,16H,6-8H2,1-5H3/t10-/m1/s1. The normalized spacial score (nSPS) is 20.5. The van der Waals surface area contributed by atoms with Crippen LogP contribution in [-0.2, 0) is 15.4 Å². The van der Waals surface area contributed by atoms with Gasteiger partial charge in [-0.25, -0.2) is 13.1 Å². The lowest BCUT2D eigenvalue weighted by atomic mass is 9.97. The van der Waals surface area contributed by atoms with Crippen LogP contribution in [0.1, 0.15) is 46.9 Å². The van der Waals surface area contributed by atoms with E-state index in [-0.39, 0.29) is 11.5 Å². The minimum absolute atomic E-state index is 0.0956. The molecule has 0 saturated carbocycles. The average Bonchev–Trinajstić information content (AvgIpc) is 2.95. The first-order chi connectivity index (χ1) is 9.59. The number of anilines is 1. The number of hydrogen-bond acceptors (Lipinski definition) is 6. The molecule has 1 aromatic rings. The minimum Gasteiger partial charge on any atom is -0.337 e. The Morgan fingerprint density at radius 3 is 2.57 bits per heavy atom. The molecule has 1 aliphatic heterocycles. The zero-order valence-electron chi connectivity index (χ0n) is 13.3. The maximum atomic E-state index is 12.2. The lowest BCUT2D eigenvalue weighted by Gasteiger charge is -2.16. The van der Waals surface area contributed by atoms with Gasteiger partial charge in [0.25, 0.3) is 5.95 Å². The van der Waals surface area contributed by atoms with E-state index >= 15 is 0 Å². The van der Waals surface area contributed by atoms with Gasteiger partial charge in [-0.1, -0.05) is 20.8 Å². The van der Waals surface area contributed by atoms with Gasteiger partial charge in [0.05, 0.1) is 5.25 Å². The summed E-state index contributed by atoms with van der Waals surface area (Å²) in [6.45, 7) is 10.6. The fourth-order valence-electron chi connectivity index (χ4n) is 2.24. The van der Waals surface area contributed by atoms with E-state index in [0.717, 1.165) is 0 Å². The lowest BCUT2D eigenvalue weighted by molar-refractivity contribution is 0.320. The van der Waals surface area contributed by atoms with Crippen molar-refractivity contribution in [3.05, 3.63) is 5.89 Å². The summed E-state index contributed by atoms with van der Waals surface area (Å²) in [5, 5.41) is 3.53. The Kier molecular flexibility index (Phi) is 4.30. The van der Waals surface area contributed by atoms with E-state index in [0.29, 0.717) is 31.3 Å². The molecule has 0 aromatic carbocycles. The van der Waals surface area contributed by atoms with E-state index in [4.69, 9.17) is 4.52 Å². The summed E-state index contributed by atoms with van der Waals surface area (Å²) < 4.78 is 32.3. The third kappa shape index (κ3) is 3.74. The first-order valence-electron chi connectivity index (χ1n) is 7.20. The van der Waals surface area contributed by atoms with Gasteiger partial charge in [-0.2, -0.15) is 4.98 Å². The van der Waals surface area contributed by atoms with Gasteiger partial charge in [0.2, 0.25) is 15.9 Å². The summed E-state index contributed by atoms with van der Waals surface area (Å²) in [6, 6.07) is -0.0956. The molecule has 1 atom stereocenters. The van der Waals surface area contributed by atoms with Gasteiger partial charge in [0.15, 0.2) is 0 Å². The number of hydrogen-bond donors (Lipinski definition) is 1. The summed E-state index contributed by atoms with van der Waals surface area (Å²) in [5.74, 6) is 1.03. The van der Waals surface area contributed by atoms with Gasteiger partial charge < -0.3 is 9.42 Å². The van der Waals surface area contributed by atoms with Crippen molar-refractivity contribution in [3.63, 3.8) is 0 Å². The highest BCUT2D eigenvalue weighted by atomic mass is 32.2. The second-order valence-corrected chi connectivity index (χ2v) is 8.82. The Hall–Kier alpha value is -1.15. The summed E-state index contributed by atoms with van der Waals surface area (Å²) in [5.41, 5.74) is -0.213. The van der Waals surface area contributed by atoms with Crippen molar-refractivity contribution in [2.75, 3.05) is 18.0 Å². The van der Waals surface area contributed by atoms with E-state index < -0.39 is 15.3 Å². The maximum Gasteiger partial charge on any atom is 0.266 e. The molecule has 1 aliphatic rings. The lowest BCUT2D eigenvalue weighted by Crippen LogP contribution is -2.39. The van der Waals surface area contributed by atoms with Crippen molar-refractivity contribution in [2.24, 2.45) is 0 Å².